The van der Waals surface area contributed by atoms with Crippen LogP contribution in [-0.2, 0) is 14.4 Å². The number of allylic oxidation sites excluding steroid dienone is 1. The van der Waals surface area contributed by atoms with E-state index < -0.39 is 5.92 Å². The molecule has 2 aromatic carbocycles. The van der Waals surface area contributed by atoms with Crippen LogP contribution in [-0.4, -0.2) is 24.7 Å². The molecule has 0 bridgehead atoms. The maximum Gasteiger partial charge on any atom is 0.232 e. The van der Waals surface area contributed by atoms with Gasteiger partial charge in [-0.1, -0.05) is 29.8 Å². The molecule has 0 spiro atoms. The molecule has 0 unspecified atom stereocenters. The Kier molecular flexibility index (Phi) is 5.83. The van der Waals surface area contributed by atoms with Gasteiger partial charge in [-0.15, -0.1) is 0 Å². The van der Waals surface area contributed by atoms with E-state index in [9.17, 15) is 14.4 Å². The van der Waals surface area contributed by atoms with Crippen molar-refractivity contribution >= 4 is 34.9 Å². The van der Waals surface area contributed by atoms with Crippen LogP contribution in [0.4, 0.5) is 5.69 Å². The van der Waals surface area contributed by atoms with Gasteiger partial charge in [-0.25, -0.2) is 0 Å². The van der Waals surface area contributed by atoms with E-state index in [0.29, 0.717) is 34.8 Å². The molecule has 4 rings (SSSR count). The monoisotopic (exact) mass is 438 g/mol. The lowest BCUT2D eigenvalue weighted by molar-refractivity contribution is -0.129. The molecule has 2 amide bonds. The minimum Gasteiger partial charge on any atom is -0.497 e. The fraction of sp³-hybridized carbons (Fsp3) is 0.292. The molecule has 0 fully saturated rings. The van der Waals surface area contributed by atoms with Crippen molar-refractivity contribution in [1.29, 1.82) is 0 Å². The average molecular weight is 439 g/mol. The summed E-state index contributed by atoms with van der Waals surface area (Å²) >= 11 is 6.15. The number of ether oxygens (including phenoxy) is 1. The molecule has 31 heavy (non-hydrogen) atoms. The summed E-state index contributed by atoms with van der Waals surface area (Å²) in [4.78, 5) is 38.4. The van der Waals surface area contributed by atoms with Crippen LogP contribution in [0.1, 0.15) is 36.3 Å². The standard InChI is InChI=1S/C24H23ClN2O4/c1-13-3-6-16(11-19(13)25)26-24(30)18-12-22(29)27-20-9-15(10-21(28)23(18)20)14-4-7-17(31-2)8-5-14/h3-8,11,15,18H,9-10,12H2,1-2H3,(H,26,30)(H,27,29)/t15-,18+/m0/s1. The second-order valence-corrected chi connectivity index (χ2v) is 8.36. The number of halogens is 1. The minimum absolute atomic E-state index is 0.0524. The number of hydrogen-bond acceptors (Lipinski definition) is 4. The molecule has 0 saturated heterocycles. The molecule has 0 radical (unpaired) electrons. The third kappa shape index (κ3) is 4.35. The van der Waals surface area contributed by atoms with Crippen LogP contribution in [0.15, 0.2) is 53.7 Å². The summed E-state index contributed by atoms with van der Waals surface area (Å²) in [6, 6.07) is 12.8. The van der Waals surface area contributed by atoms with E-state index in [0.717, 1.165) is 16.9 Å². The lowest BCUT2D eigenvalue weighted by Gasteiger charge is -2.33. The van der Waals surface area contributed by atoms with E-state index in [-0.39, 0.29) is 29.9 Å². The molecular weight excluding hydrogens is 416 g/mol. The van der Waals surface area contributed by atoms with Crippen molar-refractivity contribution in [1.82, 2.24) is 5.32 Å². The number of amides is 2. The van der Waals surface area contributed by atoms with Crippen molar-refractivity contribution in [2.24, 2.45) is 5.92 Å². The highest BCUT2D eigenvalue weighted by molar-refractivity contribution is 6.31. The van der Waals surface area contributed by atoms with Gasteiger partial charge in [0.15, 0.2) is 5.78 Å². The second kappa shape index (κ2) is 8.55. The number of carbonyl (C=O) groups is 3. The van der Waals surface area contributed by atoms with Gasteiger partial charge in [0.05, 0.1) is 13.0 Å². The lowest BCUT2D eigenvalue weighted by atomic mass is 9.75. The smallest absolute Gasteiger partial charge is 0.232 e. The van der Waals surface area contributed by atoms with Crippen LogP contribution < -0.4 is 15.4 Å². The SMILES string of the molecule is COc1ccc([C@@H]2CC(=O)C3=C(C2)NC(=O)C[C@H]3C(=O)Nc2ccc(C)c(Cl)c2)cc1. The lowest BCUT2D eigenvalue weighted by Crippen LogP contribution is -2.43. The maximum absolute atomic E-state index is 13.1. The number of rotatable bonds is 4. The molecular formula is C24H23ClN2O4. The van der Waals surface area contributed by atoms with E-state index in [1.807, 2.05) is 31.2 Å². The van der Waals surface area contributed by atoms with Crippen molar-refractivity contribution in [3.63, 3.8) is 0 Å². The molecule has 2 aromatic rings. The van der Waals surface area contributed by atoms with Crippen molar-refractivity contribution < 1.29 is 19.1 Å². The quantitative estimate of drug-likeness (QED) is 0.751. The van der Waals surface area contributed by atoms with Crippen molar-refractivity contribution in [2.45, 2.75) is 32.1 Å². The number of ketones is 1. The topological polar surface area (TPSA) is 84.5 Å². The summed E-state index contributed by atoms with van der Waals surface area (Å²) < 4.78 is 5.19. The van der Waals surface area contributed by atoms with Crippen LogP contribution in [0.25, 0.3) is 0 Å². The first-order valence-corrected chi connectivity index (χ1v) is 10.5. The molecule has 1 heterocycles. The number of methoxy groups -OCH3 is 1. The average Bonchev–Trinajstić information content (AvgIpc) is 2.75. The van der Waals surface area contributed by atoms with Gasteiger partial charge in [-0.3, -0.25) is 14.4 Å². The van der Waals surface area contributed by atoms with E-state index in [2.05, 4.69) is 10.6 Å². The summed E-state index contributed by atoms with van der Waals surface area (Å²) in [5, 5.41) is 6.17. The molecule has 0 saturated carbocycles. The Morgan fingerprint density at radius 1 is 1.10 bits per heavy atom. The van der Waals surface area contributed by atoms with Gasteiger partial charge in [0.25, 0.3) is 0 Å². The van der Waals surface area contributed by atoms with Gasteiger partial charge in [-0.2, -0.15) is 0 Å². The first-order chi connectivity index (χ1) is 14.9. The van der Waals surface area contributed by atoms with E-state index in [4.69, 9.17) is 16.3 Å². The Morgan fingerprint density at radius 2 is 1.84 bits per heavy atom. The number of benzene rings is 2. The zero-order chi connectivity index (χ0) is 22.1. The maximum atomic E-state index is 13.1. The van der Waals surface area contributed by atoms with Gasteiger partial charge in [0.2, 0.25) is 11.8 Å². The molecule has 2 N–H and O–H groups in total. The molecule has 7 heteroatoms. The fourth-order valence-corrected chi connectivity index (χ4v) is 4.38. The third-order valence-corrected chi connectivity index (χ3v) is 6.29. The van der Waals surface area contributed by atoms with Gasteiger partial charge in [0, 0.05) is 34.8 Å². The second-order valence-electron chi connectivity index (χ2n) is 7.95. The highest BCUT2D eigenvalue weighted by atomic mass is 35.5. The molecule has 2 atom stereocenters. The molecule has 1 aliphatic heterocycles. The first-order valence-electron chi connectivity index (χ1n) is 10.1. The Morgan fingerprint density at radius 3 is 2.52 bits per heavy atom. The van der Waals surface area contributed by atoms with Crippen LogP contribution >= 0.6 is 11.6 Å². The van der Waals surface area contributed by atoms with E-state index in [1.165, 1.54) is 0 Å². The predicted molar refractivity (Wildman–Crippen MR) is 118 cm³/mol. The van der Waals surface area contributed by atoms with Crippen LogP contribution in [0, 0.1) is 12.8 Å². The normalized spacial score (nSPS) is 20.7. The highest BCUT2D eigenvalue weighted by Gasteiger charge is 2.40. The summed E-state index contributed by atoms with van der Waals surface area (Å²) in [6.45, 7) is 1.87. The Labute approximate surface area is 185 Å². The third-order valence-electron chi connectivity index (χ3n) is 5.88. The van der Waals surface area contributed by atoms with E-state index >= 15 is 0 Å². The zero-order valence-electron chi connectivity index (χ0n) is 17.3. The Hall–Kier alpha value is -3.12. The summed E-state index contributed by atoms with van der Waals surface area (Å²) in [5.74, 6) is -0.875. The van der Waals surface area contributed by atoms with E-state index in [1.54, 1.807) is 25.3 Å². The van der Waals surface area contributed by atoms with Crippen molar-refractivity contribution in [3.05, 3.63) is 69.9 Å². The van der Waals surface area contributed by atoms with Gasteiger partial charge in [0.1, 0.15) is 5.75 Å². The zero-order valence-corrected chi connectivity index (χ0v) is 18.1. The van der Waals surface area contributed by atoms with Gasteiger partial charge in [-0.05, 0) is 54.7 Å². The molecule has 6 nitrogen and oxygen atoms in total. The molecule has 2 aliphatic rings. The molecule has 160 valence electrons. The number of Topliss-reactive ketones (excluding diaryl/α,β-unsaturated/α-hetero) is 1. The number of nitrogens with one attached hydrogen (secondary N) is 2. The van der Waals surface area contributed by atoms with Gasteiger partial charge < -0.3 is 15.4 Å². The Balaban J connectivity index is 1.58. The molecule has 1 aliphatic carbocycles. The predicted octanol–water partition coefficient (Wildman–Crippen LogP) is 4.13. The molecule has 0 aromatic heterocycles. The number of aryl methyl sites for hydroxylation is 1. The number of anilines is 1. The number of carbonyl (C=O) groups excluding carboxylic acids is 3. The summed E-state index contributed by atoms with van der Waals surface area (Å²) in [5.41, 5.74) is 3.40. The van der Waals surface area contributed by atoms with Crippen LogP contribution in [0.5, 0.6) is 5.75 Å². The first kappa shape index (κ1) is 21.1. The summed E-state index contributed by atoms with van der Waals surface area (Å²) in [6.07, 6.45) is 0.740. The largest absolute Gasteiger partial charge is 0.497 e. The Bertz CT molecular complexity index is 1090. The number of hydrogen-bond donors (Lipinski definition) is 2. The van der Waals surface area contributed by atoms with Crippen LogP contribution in [0.2, 0.25) is 5.02 Å². The fourth-order valence-electron chi connectivity index (χ4n) is 4.20. The van der Waals surface area contributed by atoms with Crippen LogP contribution in [0.3, 0.4) is 0 Å². The van der Waals surface area contributed by atoms with Crippen molar-refractivity contribution in [3.8, 4) is 5.75 Å². The summed E-state index contributed by atoms with van der Waals surface area (Å²) in [7, 11) is 1.60. The van der Waals surface area contributed by atoms with Gasteiger partial charge >= 0.3 is 0 Å². The van der Waals surface area contributed by atoms with Crippen molar-refractivity contribution in [2.75, 3.05) is 12.4 Å². The minimum atomic E-state index is -0.812. The highest BCUT2D eigenvalue weighted by Crippen LogP contribution is 2.39.